The summed E-state index contributed by atoms with van der Waals surface area (Å²) in [6.45, 7) is -0.0437. The standard InChI is InChI=1S/C21H17NO4/c23-20-14-25-19-11-4-3-10-18(19)22(20)12-21(24)26-13-16-8-5-7-15-6-1-2-9-17(15)16/h1-11H,12-14H2. The van der Waals surface area contributed by atoms with Gasteiger partial charge in [0.1, 0.15) is 18.9 Å². The lowest BCUT2D eigenvalue weighted by atomic mass is 10.1. The molecule has 3 aromatic rings. The molecule has 1 aliphatic heterocycles. The highest BCUT2D eigenvalue weighted by atomic mass is 16.5. The van der Waals surface area contributed by atoms with Gasteiger partial charge in [0.25, 0.3) is 5.91 Å². The first-order chi connectivity index (χ1) is 12.7. The lowest BCUT2D eigenvalue weighted by Gasteiger charge is -2.28. The molecule has 4 rings (SSSR count). The summed E-state index contributed by atoms with van der Waals surface area (Å²) in [6.07, 6.45) is 0. The van der Waals surface area contributed by atoms with Crippen LogP contribution in [0.2, 0.25) is 0 Å². The van der Waals surface area contributed by atoms with Gasteiger partial charge in [0.05, 0.1) is 5.69 Å². The molecule has 0 saturated carbocycles. The van der Waals surface area contributed by atoms with Gasteiger partial charge in [0, 0.05) is 0 Å². The second-order valence-electron chi connectivity index (χ2n) is 6.04. The fourth-order valence-electron chi connectivity index (χ4n) is 3.08. The number of amides is 1. The van der Waals surface area contributed by atoms with E-state index < -0.39 is 5.97 Å². The number of para-hydroxylation sites is 2. The zero-order valence-electron chi connectivity index (χ0n) is 14.1. The minimum Gasteiger partial charge on any atom is -0.482 e. The SMILES string of the molecule is O=C(CN1C(=O)COc2ccccc21)OCc1cccc2ccccc12. The number of carbonyl (C=O) groups excluding carboxylic acids is 2. The van der Waals surface area contributed by atoms with Crippen LogP contribution >= 0.6 is 0 Å². The fourth-order valence-corrected chi connectivity index (χ4v) is 3.08. The van der Waals surface area contributed by atoms with Gasteiger partial charge in [-0.25, -0.2) is 0 Å². The van der Waals surface area contributed by atoms with Crippen molar-refractivity contribution in [3.05, 3.63) is 72.3 Å². The first-order valence-corrected chi connectivity index (χ1v) is 8.37. The van der Waals surface area contributed by atoms with Crippen LogP contribution in [0, 0.1) is 0 Å². The molecule has 5 heteroatoms. The first kappa shape index (κ1) is 16.1. The molecule has 0 aromatic heterocycles. The van der Waals surface area contributed by atoms with Crippen molar-refractivity contribution in [1.82, 2.24) is 0 Å². The topological polar surface area (TPSA) is 55.8 Å². The minimum atomic E-state index is -0.456. The number of hydrogen-bond acceptors (Lipinski definition) is 4. The Morgan fingerprint density at radius 3 is 2.69 bits per heavy atom. The van der Waals surface area contributed by atoms with Crippen LogP contribution in [0.1, 0.15) is 5.56 Å². The maximum Gasteiger partial charge on any atom is 0.326 e. The van der Waals surface area contributed by atoms with Crippen LogP contribution in [0.25, 0.3) is 10.8 Å². The Hall–Kier alpha value is -3.34. The number of fused-ring (bicyclic) bond motifs is 2. The van der Waals surface area contributed by atoms with Gasteiger partial charge in [-0.2, -0.15) is 0 Å². The van der Waals surface area contributed by atoms with E-state index in [-0.39, 0.29) is 25.7 Å². The van der Waals surface area contributed by atoms with Crippen molar-refractivity contribution in [3.8, 4) is 5.75 Å². The van der Waals surface area contributed by atoms with Crippen LogP contribution in [0.3, 0.4) is 0 Å². The van der Waals surface area contributed by atoms with Gasteiger partial charge in [-0.3, -0.25) is 14.5 Å². The molecule has 0 atom stereocenters. The van der Waals surface area contributed by atoms with E-state index in [0.29, 0.717) is 11.4 Å². The largest absolute Gasteiger partial charge is 0.482 e. The number of rotatable bonds is 4. The Kier molecular flexibility index (Phi) is 4.27. The maximum absolute atomic E-state index is 12.3. The molecule has 0 saturated heterocycles. The Morgan fingerprint density at radius 2 is 1.77 bits per heavy atom. The van der Waals surface area contributed by atoms with Crippen molar-refractivity contribution in [2.24, 2.45) is 0 Å². The molecule has 1 heterocycles. The van der Waals surface area contributed by atoms with E-state index in [4.69, 9.17) is 9.47 Å². The van der Waals surface area contributed by atoms with Crippen LogP contribution in [-0.2, 0) is 20.9 Å². The highest BCUT2D eigenvalue weighted by Gasteiger charge is 2.27. The smallest absolute Gasteiger partial charge is 0.326 e. The van der Waals surface area contributed by atoms with Crippen molar-refractivity contribution < 1.29 is 19.1 Å². The molecule has 0 N–H and O–H groups in total. The molecule has 0 bridgehead atoms. The average molecular weight is 347 g/mol. The highest BCUT2D eigenvalue weighted by molar-refractivity contribution is 6.01. The number of hydrogen-bond donors (Lipinski definition) is 0. The molecule has 3 aromatic carbocycles. The number of esters is 1. The summed E-state index contributed by atoms with van der Waals surface area (Å²) in [7, 11) is 0. The van der Waals surface area contributed by atoms with Crippen LogP contribution < -0.4 is 9.64 Å². The second-order valence-corrected chi connectivity index (χ2v) is 6.04. The third-order valence-corrected chi connectivity index (χ3v) is 4.36. The Labute approximate surface area is 150 Å². The summed E-state index contributed by atoms with van der Waals surface area (Å²) in [4.78, 5) is 25.9. The number of carbonyl (C=O) groups is 2. The van der Waals surface area contributed by atoms with Crippen molar-refractivity contribution in [2.45, 2.75) is 6.61 Å². The number of ether oxygens (including phenoxy) is 2. The number of benzene rings is 3. The maximum atomic E-state index is 12.3. The number of nitrogens with zero attached hydrogens (tertiary/aromatic N) is 1. The summed E-state index contributed by atoms with van der Waals surface area (Å²) < 4.78 is 10.8. The van der Waals surface area contributed by atoms with Crippen LogP contribution in [0.5, 0.6) is 5.75 Å². The van der Waals surface area contributed by atoms with Crippen LogP contribution in [0.4, 0.5) is 5.69 Å². The third-order valence-electron chi connectivity index (χ3n) is 4.36. The monoisotopic (exact) mass is 347 g/mol. The summed E-state index contributed by atoms with van der Waals surface area (Å²) in [5.74, 6) is -0.122. The highest BCUT2D eigenvalue weighted by Crippen LogP contribution is 2.31. The van der Waals surface area contributed by atoms with E-state index in [1.54, 1.807) is 18.2 Å². The van der Waals surface area contributed by atoms with Crippen molar-refractivity contribution in [3.63, 3.8) is 0 Å². The molecule has 0 fully saturated rings. The average Bonchev–Trinajstić information content (AvgIpc) is 2.68. The molecular weight excluding hydrogens is 330 g/mol. The van der Waals surface area contributed by atoms with Gasteiger partial charge < -0.3 is 9.47 Å². The Morgan fingerprint density at radius 1 is 1.00 bits per heavy atom. The van der Waals surface area contributed by atoms with Gasteiger partial charge >= 0.3 is 5.97 Å². The predicted molar refractivity (Wildman–Crippen MR) is 98.0 cm³/mol. The predicted octanol–water partition coefficient (Wildman–Crippen LogP) is 3.31. The summed E-state index contributed by atoms with van der Waals surface area (Å²) in [5.41, 5.74) is 1.52. The molecule has 5 nitrogen and oxygen atoms in total. The quantitative estimate of drug-likeness (QED) is 0.680. The fraction of sp³-hybridized carbons (Fsp3) is 0.143. The van der Waals surface area contributed by atoms with Crippen LogP contribution in [0.15, 0.2) is 66.7 Å². The summed E-state index contributed by atoms with van der Waals surface area (Å²) >= 11 is 0. The normalized spacial score (nSPS) is 13.2. The summed E-state index contributed by atoms with van der Waals surface area (Å²) in [5, 5.41) is 2.15. The lowest BCUT2D eigenvalue weighted by molar-refractivity contribution is -0.144. The van der Waals surface area contributed by atoms with Gasteiger partial charge in [-0.05, 0) is 28.5 Å². The second kappa shape index (κ2) is 6.88. The van der Waals surface area contributed by atoms with E-state index in [2.05, 4.69) is 0 Å². The molecule has 0 spiro atoms. The van der Waals surface area contributed by atoms with Crippen molar-refractivity contribution >= 4 is 28.3 Å². The van der Waals surface area contributed by atoms with Crippen LogP contribution in [-0.4, -0.2) is 25.0 Å². The van der Waals surface area contributed by atoms with E-state index in [1.165, 1.54) is 4.90 Å². The first-order valence-electron chi connectivity index (χ1n) is 8.37. The Bertz CT molecular complexity index is 977. The molecule has 26 heavy (non-hydrogen) atoms. The van der Waals surface area contributed by atoms with Gasteiger partial charge in [0.15, 0.2) is 6.61 Å². The van der Waals surface area contributed by atoms with Crippen molar-refractivity contribution in [1.29, 1.82) is 0 Å². The third kappa shape index (κ3) is 3.11. The minimum absolute atomic E-state index is 0.0758. The Balaban J connectivity index is 1.47. The number of anilines is 1. The zero-order chi connectivity index (χ0) is 17.9. The molecule has 130 valence electrons. The van der Waals surface area contributed by atoms with Gasteiger partial charge in [-0.1, -0.05) is 54.6 Å². The van der Waals surface area contributed by atoms with Gasteiger partial charge in [0.2, 0.25) is 0 Å². The molecular formula is C21H17NO4. The summed E-state index contributed by atoms with van der Waals surface area (Å²) in [6, 6.07) is 21.0. The molecule has 0 radical (unpaired) electrons. The van der Waals surface area contributed by atoms with E-state index in [1.807, 2.05) is 48.5 Å². The van der Waals surface area contributed by atoms with E-state index in [0.717, 1.165) is 16.3 Å². The van der Waals surface area contributed by atoms with Crippen molar-refractivity contribution in [2.75, 3.05) is 18.1 Å². The van der Waals surface area contributed by atoms with E-state index in [9.17, 15) is 9.59 Å². The van der Waals surface area contributed by atoms with Gasteiger partial charge in [-0.15, -0.1) is 0 Å². The zero-order valence-corrected chi connectivity index (χ0v) is 14.1. The molecule has 0 unspecified atom stereocenters. The van der Waals surface area contributed by atoms with E-state index >= 15 is 0 Å². The molecule has 1 amide bonds. The lowest BCUT2D eigenvalue weighted by Crippen LogP contribution is -2.42. The molecule has 0 aliphatic carbocycles. The molecule has 1 aliphatic rings.